The van der Waals surface area contributed by atoms with Crippen LogP contribution >= 0.6 is 11.6 Å². The van der Waals surface area contributed by atoms with Crippen molar-refractivity contribution >= 4 is 33.4 Å². The van der Waals surface area contributed by atoms with Gasteiger partial charge in [-0.2, -0.15) is 0 Å². The number of carbonyl (C=O) groups is 2. The van der Waals surface area contributed by atoms with Gasteiger partial charge >= 0.3 is 11.9 Å². The summed E-state index contributed by atoms with van der Waals surface area (Å²) in [6.45, 7) is 1.61. The predicted octanol–water partition coefficient (Wildman–Crippen LogP) is 3.82. The Hall–Kier alpha value is -2.90. The van der Waals surface area contributed by atoms with E-state index in [0.717, 1.165) is 6.26 Å². The van der Waals surface area contributed by atoms with Crippen molar-refractivity contribution in [2.24, 2.45) is 0 Å². The first-order chi connectivity index (χ1) is 14.0. The van der Waals surface area contributed by atoms with Gasteiger partial charge in [0.25, 0.3) is 0 Å². The van der Waals surface area contributed by atoms with Crippen molar-refractivity contribution in [2.75, 3.05) is 6.26 Å². The van der Waals surface area contributed by atoms with Gasteiger partial charge in [-0.1, -0.05) is 48.0 Å². The van der Waals surface area contributed by atoms with Crippen LogP contribution in [0.2, 0.25) is 5.02 Å². The van der Waals surface area contributed by atoms with Crippen molar-refractivity contribution in [1.82, 2.24) is 0 Å². The maximum Gasteiger partial charge on any atom is 0.332 e. The molecule has 0 aromatic heterocycles. The second-order valence-corrected chi connectivity index (χ2v) is 9.64. The highest BCUT2D eigenvalue weighted by Crippen LogP contribution is 2.49. The number of aliphatic carboxylic acids is 2. The Kier molecular flexibility index (Phi) is 5.62. The van der Waals surface area contributed by atoms with Crippen LogP contribution in [0.25, 0.3) is 0 Å². The second-order valence-electron chi connectivity index (χ2n) is 7.19. The van der Waals surface area contributed by atoms with Crippen molar-refractivity contribution in [1.29, 1.82) is 0 Å². The molecule has 8 heteroatoms. The minimum atomic E-state index is -3.48. The van der Waals surface area contributed by atoms with Crippen molar-refractivity contribution in [3.05, 3.63) is 88.0 Å². The molecule has 2 atom stereocenters. The van der Waals surface area contributed by atoms with Crippen LogP contribution in [0.5, 0.6) is 0 Å². The molecular weight excluding hydrogens is 428 g/mol. The lowest BCUT2D eigenvalue weighted by molar-refractivity contribution is -0.142. The molecule has 0 bridgehead atoms. The first-order valence-corrected chi connectivity index (χ1v) is 11.2. The predicted molar refractivity (Wildman–Crippen MR) is 113 cm³/mol. The molecule has 0 heterocycles. The van der Waals surface area contributed by atoms with Crippen LogP contribution in [0.4, 0.5) is 0 Å². The molecule has 0 aliphatic heterocycles. The van der Waals surface area contributed by atoms with Crippen molar-refractivity contribution < 1.29 is 28.2 Å². The first kappa shape index (κ1) is 21.8. The first-order valence-electron chi connectivity index (χ1n) is 8.91. The van der Waals surface area contributed by atoms with Gasteiger partial charge in [0, 0.05) is 22.8 Å². The smallest absolute Gasteiger partial charge is 0.332 e. The molecule has 0 radical (unpaired) electrons. The SMILES string of the molecule is CC1=C(C(=O)O)C(c2ccc(Cl)cc2)C(C(=O)O)(c2ccc(S(C)(=O)=O)cc2)C=C1. The summed E-state index contributed by atoms with van der Waals surface area (Å²) in [5.41, 5.74) is -0.627. The number of allylic oxidation sites excluding steroid dienone is 2. The molecule has 30 heavy (non-hydrogen) atoms. The molecule has 0 spiro atoms. The lowest BCUT2D eigenvalue weighted by Crippen LogP contribution is -2.44. The normalized spacial score (nSPS) is 21.5. The zero-order valence-corrected chi connectivity index (χ0v) is 17.7. The summed E-state index contributed by atoms with van der Waals surface area (Å²) in [5, 5.41) is 20.7. The molecule has 0 fully saturated rings. The van der Waals surface area contributed by atoms with E-state index < -0.39 is 33.1 Å². The number of rotatable bonds is 5. The third-order valence-corrected chi connectivity index (χ3v) is 6.69. The molecule has 1 aliphatic rings. The van der Waals surface area contributed by atoms with Crippen molar-refractivity contribution in [3.8, 4) is 0 Å². The molecule has 2 N–H and O–H groups in total. The lowest BCUT2D eigenvalue weighted by Gasteiger charge is -2.39. The highest BCUT2D eigenvalue weighted by Gasteiger charge is 2.51. The van der Waals surface area contributed by atoms with Crippen molar-refractivity contribution in [3.63, 3.8) is 0 Å². The fourth-order valence-corrected chi connectivity index (χ4v) is 4.59. The number of halogens is 1. The van der Waals surface area contributed by atoms with E-state index in [0.29, 0.717) is 16.2 Å². The van der Waals surface area contributed by atoms with Gasteiger partial charge in [-0.05, 0) is 47.9 Å². The fraction of sp³-hybridized carbons (Fsp3) is 0.182. The Labute approximate surface area is 179 Å². The average molecular weight is 447 g/mol. The van der Waals surface area contributed by atoms with E-state index in [2.05, 4.69) is 0 Å². The van der Waals surface area contributed by atoms with E-state index in [4.69, 9.17) is 11.6 Å². The zero-order chi connectivity index (χ0) is 22.3. The van der Waals surface area contributed by atoms with Crippen LogP contribution in [0.15, 0.2) is 76.7 Å². The molecular formula is C22H19ClO6S. The summed E-state index contributed by atoms with van der Waals surface area (Å²) < 4.78 is 23.6. The van der Waals surface area contributed by atoms with Crippen LogP contribution in [0.3, 0.4) is 0 Å². The minimum Gasteiger partial charge on any atom is -0.480 e. The van der Waals surface area contributed by atoms with Crippen LogP contribution in [-0.2, 0) is 24.8 Å². The summed E-state index contributed by atoms with van der Waals surface area (Å²) in [4.78, 5) is 24.9. The van der Waals surface area contributed by atoms with E-state index in [1.165, 1.54) is 36.4 Å². The van der Waals surface area contributed by atoms with E-state index in [9.17, 15) is 28.2 Å². The van der Waals surface area contributed by atoms with Crippen LogP contribution in [0.1, 0.15) is 24.0 Å². The van der Waals surface area contributed by atoms with Crippen molar-refractivity contribution in [2.45, 2.75) is 23.2 Å². The molecule has 0 saturated carbocycles. The van der Waals surface area contributed by atoms with Gasteiger partial charge in [0.2, 0.25) is 0 Å². The average Bonchev–Trinajstić information content (AvgIpc) is 2.67. The Morgan fingerprint density at radius 1 is 1.00 bits per heavy atom. The molecule has 0 amide bonds. The second kappa shape index (κ2) is 7.74. The number of benzene rings is 2. The molecule has 2 aromatic rings. The van der Waals surface area contributed by atoms with Gasteiger partial charge in [-0.15, -0.1) is 0 Å². The van der Waals surface area contributed by atoms with Crippen LogP contribution < -0.4 is 0 Å². The Bertz CT molecular complexity index is 1180. The monoisotopic (exact) mass is 446 g/mol. The van der Waals surface area contributed by atoms with E-state index in [1.54, 1.807) is 31.2 Å². The highest BCUT2D eigenvalue weighted by molar-refractivity contribution is 7.90. The van der Waals surface area contributed by atoms with Gasteiger partial charge in [0.05, 0.1) is 4.90 Å². The highest BCUT2D eigenvalue weighted by atomic mass is 35.5. The molecule has 6 nitrogen and oxygen atoms in total. The topological polar surface area (TPSA) is 109 Å². The molecule has 156 valence electrons. The minimum absolute atomic E-state index is 0.0415. The number of carboxylic acids is 2. The van der Waals surface area contributed by atoms with Gasteiger partial charge in [-0.25, -0.2) is 13.2 Å². The van der Waals surface area contributed by atoms with Crippen LogP contribution in [-0.4, -0.2) is 36.8 Å². The Morgan fingerprint density at radius 3 is 2.03 bits per heavy atom. The molecule has 3 rings (SSSR count). The fourth-order valence-electron chi connectivity index (χ4n) is 3.83. The summed E-state index contributed by atoms with van der Waals surface area (Å²) >= 11 is 5.97. The summed E-state index contributed by atoms with van der Waals surface area (Å²) in [5.74, 6) is -3.54. The number of sulfone groups is 1. The quantitative estimate of drug-likeness (QED) is 0.722. The number of hydrogen-bond donors (Lipinski definition) is 2. The standard InChI is InChI=1S/C22H19ClO6S/c1-13-11-12-22(21(26)27,15-5-9-17(10-6-15)30(2,28)29)19(18(13)20(24)25)14-3-7-16(23)8-4-14/h3-12,19H,1-2H3,(H,24,25)(H,26,27). The molecule has 2 unspecified atom stereocenters. The van der Waals surface area contributed by atoms with Gasteiger partial charge in [0.1, 0.15) is 5.41 Å². The third-order valence-electron chi connectivity index (χ3n) is 5.31. The van der Waals surface area contributed by atoms with E-state index >= 15 is 0 Å². The number of carboxylic acid groups (broad SMARTS) is 2. The van der Waals surface area contributed by atoms with E-state index in [1.807, 2.05) is 0 Å². The number of hydrogen-bond acceptors (Lipinski definition) is 4. The third kappa shape index (κ3) is 3.66. The summed E-state index contributed by atoms with van der Waals surface area (Å²) in [6, 6.07) is 11.8. The lowest BCUT2D eigenvalue weighted by atomic mass is 9.61. The van der Waals surface area contributed by atoms with Crippen LogP contribution in [0, 0.1) is 0 Å². The summed E-state index contributed by atoms with van der Waals surface area (Å²) in [6.07, 6.45) is 4.00. The van der Waals surface area contributed by atoms with Gasteiger partial charge in [0.15, 0.2) is 9.84 Å². The molecule has 1 aliphatic carbocycles. The van der Waals surface area contributed by atoms with E-state index in [-0.39, 0.29) is 16.0 Å². The maximum atomic E-state index is 12.7. The van der Waals surface area contributed by atoms with Gasteiger partial charge in [-0.3, -0.25) is 4.79 Å². The Morgan fingerprint density at radius 2 is 1.57 bits per heavy atom. The Balaban J connectivity index is 2.32. The maximum absolute atomic E-state index is 12.7. The molecule has 0 saturated heterocycles. The largest absolute Gasteiger partial charge is 0.480 e. The zero-order valence-electron chi connectivity index (χ0n) is 16.2. The summed E-state index contributed by atoms with van der Waals surface area (Å²) in [7, 11) is -3.48. The van der Waals surface area contributed by atoms with Gasteiger partial charge < -0.3 is 10.2 Å². The molecule has 2 aromatic carbocycles.